The highest BCUT2D eigenvalue weighted by molar-refractivity contribution is 7.89. The van der Waals surface area contributed by atoms with Crippen molar-refractivity contribution >= 4 is 28.3 Å². The van der Waals surface area contributed by atoms with Crippen molar-refractivity contribution in [2.45, 2.75) is 45.6 Å². The summed E-state index contributed by atoms with van der Waals surface area (Å²) >= 11 is 0. The lowest BCUT2D eigenvalue weighted by atomic mass is 9.95. The number of nitrogens with one attached hydrogen (secondary N) is 1. The Labute approximate surface area is 146 Å². The van der Waals surface area contributed by atoms with Crippen molar-refractivity contribution in [2.75, 3.05) is 38.5 Å². The summed E-state index contributed by atoms with van der Waals surface area (Å²) < 4.78 is 25.3. The fourth-order valence-electron chi connectivity index (χ4n) is 3.42. The van der Waals surface area contributed by atoms with Crippen LogP contribution < -0.4 is 5.32 Å². The van der Waals surface area contributed by atoms with Crippen molar-refractivity contribution in [3.8, 4) is 0 Å². The second-order valence-corrected chi connectivity index (χ2v) is 8.51. The van der Waals surface area contributed by atoms with Crippen molar-refractivity contribution in [3.05, 3.63) is 0 Å². The number of sulfonamides is 1. The Morgan fingerprint density at radius 1 is 1.22 bits per heavy atom. The number of amides is 1. The summed E-state index contributed by atoms with van der Waals surface area (Å²) in [5, 5.41) is 3.32. The maximum absolute atomic E-state index is 12.8. The van der Waals surface area contributed by atoms with E-state index in [1.165, 1.54) is 4.31 Å². The molecule has 2 aliphatic rings. The minimum absolute atomic E-state index is 0. The van der Waals surface area contributed by atoms with Crippen molar-refractivity contribution in [1.82, 2.24) is 14.5 Å². The summed E-state index contributed by atoms with van der Waals surface area (Å²) in [6, 6.07) is 0.310. The number of rotatable bonds is 6. The first-order valence-electron chi connectivity index (χ1n) is 8.48. The summed E-state index contributed by atoms with van der Waals surface area (Å²) in [5.41, 5.74) is 0. The Bertz CT molecular complexity index is 472. The zero-order valence-corrected chi connectivity index (χ0v) is 15.8. The molecule has 2 aliphatic heterocycles. The Kier molecular flexibility index (Phi) is 8.27. The summed E-state index contributed by atoms with van der Waals surface area (Å²) in [5.74, 6) is 0.348. The molecule has 23 heavy (non-hydrogen) atoms. The van der Waals surface area contributed by atoms with E-state index in [4.69, 9.17) is 0 Å². The molecular weight excluding hydrogens is 338 g/mol. The van der Waals surface area contributed by atoms with Gasteiger partial charge in [-0.2, -0.15) is 0 Å². The van der Waals surface area contributed by atoms with Crippen LogP contribution in [0.4, 0.5) is 0 Å². The molecule has 1 N–H and O–H groups in total. The molecule has 0 aromatic carbocycles. The highest BCUT2D eigenvalue weighted by Gasteiger charge is 2.34. The van der Waals surface area contributed by atoms with Gasteiger partial charge < -0.3 is 10.2 Å². The van der Waals surface area contributed by atoms with E-state index in [0.717, 1.165) is 32.5 Å². The largest absolute Gasteiger partial charge is 0.338 e. The van der Waals surface area contributed by atoms with Gasteiger partial charge in [0.15, 0.2) is 0 Å². The average Bonchev–Trinajstić information content (AvgIpc) is 3.06. The maximum atomic E-state index is 12.8. The first kappa shape index (κ1) is 20.7. The number of piperidine rings is 1. The molecule has 0 spiro atoms. The molecule has 0 aliphatic carbocycles. The van der Waals surface area contributed by atoms with E-state index in [1.54, 1.807) is 6.92 Å². The van der Waals surface area contributed by atoms with Crippen LogP contribution in [0.2, 0.25) is 0 Å². The van der Waals surface area contributed by atoms with Gasteiger partial charge >= 0.3 is 0 Å². The molecule has 8 heteroatoms. The SMILES string of the molecule is CCCN(C(=O)C1CCN(S(=O)(=O)CC)CC1)C1CCNC1.Cl. The molecule has 136 valence electrons. The highest BCUT2D eigenvalue weighted by Crippen LogP contribution is 2.24. The minimum atomic E-state index is -3.12. The van der Waals surface area contributed by atoms with Gasteiger partial charge in [0.1, 0.15) is 0 Å². The molecule has 1 unspecified atom stereocenters. The third-order valence-electron chi connectivity index (χ3n) is 4.78. The van der Waals surface area contributed by atoms with Crippen LogP contribution in [0.1, 0.15) is 39.5 Å². The summed E-state index contributed by atoms with van der Waals surface area (Å²) in [4.78, 5) is 14.9. The van der Waals surface area contributed by atoms with Crippen LogP contribution in [0.15, 0.2) is 0 Å². The lowest BCUT2D eigenvalue weighted by Crippen LogP contribution is -2.48. The van der Waals surface area contributed by atoms with Crippen LogP contribution in [0.5, 0.6) is 0 Å². The zero-order chi connectivity index (χ0) is 16.2. The molecule has 0 saturated carbocycles. The molecular formula is C15H30ClN3O3S. The molecule has 0 bridgehead atoms. The molecule has 2 fully saturated rings. The second kappa shape index (κ2) is 9.20. The normalized spacial score (nSPS) is 23.5. The van der Waals surface area contributed by atoms with Gasteiger partial charge in [-0.25, -0.2) is 12.7 Å². The first-order chi connectivity index (χ1) is 10.5. The van der Waals surface area contributed by atoms with Crippen molar-refractivity contribution in [1.29, 1.82) is 0 Å². The quantitative estimate of drug-likeness (QED) is 0.762. The minimum Gasteiger partial charge on any atom is -0.338 e. The predicted octanol–water partition coefficient (Wildman–Crippen LogP) is 1.07. The molecule has 2 rings (SSSR count). The van der Waals surface area contributed by atoms with Crippen molar-refractivity contribution < 1.29 is 13.2 Å². The number of carbonyl (C=O) groups excluding carboxylic acids is 1. The smallest absolute Gasteiger partial charge is 0.226 e. The number of nitrogens with zero attached hydrogens (tertiary/aromatic N) is 2. The van der Waals surface area contributed by atoms with Gasteiger partial charge in [-0.05, 0) is 39.2 Å². The number of hydrogen-bond donors (Lipinski definition) is 1. The van der Waals surface area contributed by atoms with E-state index in [2.05, 4.69) is 12.2 Å². The third-order valence-corrected chi connectivity index (χ3v) is 6.67. The van der Waals surface area contributed by atoms with Gasteiger partial charge in [0.05, 0.1) is 5.75 Å². The number of hydrogen-bond acceptors (Lipinski definition) is 4. The standard InChI is InChI=1S/C15H29N3O3S.ClH/c1-3-9-18(14-5-8-16-12-14)15(19)13-6-10-17(11-7-13)22(20,21)4-2;/h13-14,16H,3-12H2,1-2H3;1H. The van der Waals surface area contributed by atoms with Crippen LogP contribution in [-0.2, 0) is 14.8 Å². The second-order valence-electron chi connectivity index (χ2n) is 6.25. The number of carbonyl (C=O) groups is 1. The van der Waals surface area contributed by atoms with Crippen LogP contribution in [0, 0.1) is 5.92 Å². The fourth-order valence-corrected chi connectivity index (χ4v) is 4.55. The molecule has 0 radical (unpaired) electrons. The van der Waals surface area contributed by atoms with E-state index < -0.39 is 10.0 Å². The van der Waals surface area contributed by atoms with E-state index in [0.29, 0.717) is 32.0 Å². The number of halogens is 1. The first-order valence-corrected chi connectivity index (χ1v) is 10.1. The van der Waals surface area contributed by atoms with Crippen molar-refractivity contribution in [3.63, 3.8) is 0 Å². The van der Waals surface area contributed by atoms with Crippen LogP contribution in [0.25, 0.3) is 0 Å². The summed E-state index contributed by atoms with van der Waals surface area (Å²) in [7, 11) is -3.12. The van der Waals surface area contributed by atoms with Crippen molar-refractivity contribution in [2.24, 2.45) is 5.92 Å². The van der Waals surface area contributed by atoms with E-state index in [9.17, 15) is 13.2 Å². The van der Waals surface area contributed by atoms with Gasteiger partial charge in [-0.1, -0.05) is 6.92 Å². The maximum Gasteiger partial charge on any atom is 0.226 e. The molecule has 2 saturated heterocycles. The predicted molar refractivity (Wildman–Crippen MR) is 94.3 cm³/mol. The van der Waals surface area contributed by atoms with Gasteiger partial charge in [-0.3, -0.25) is 4.79 Å². The van der Waals surface area contributed by atoms with E-state index in [-0.39, 0.29) is 30.0 Å². The fraction of sp³-hybridized carbons (Fsp3) is 0.933. The van der Waals surface area contributed by atoms with Crippen LogP contribution >= 0.6 is 12.4 Å². The highest BCUT2D eigenvalue weighted by atomic mass is 35.5. The topological polar surface area (TPSA) is 69.7 Å². The molecule has 1 amide bonds. The molecule has 2 heterocycles. The van der Waals surface area contributed by atoms with Gasteiger partial charge in [-0.15, -0.1) is 12.4 Å². The third kappa shape index (κ3) is 5.05. The van der Waals surface area contributed by atoms with E-state index in [1.807, 2.05) is 4.90 Å². The van der Waals surface area contributed by atoms with Gasteiger partial charge in [0.2, 0.25) is 15.9 Å². The lowest BCUT2D eigenvalue weighted by molar-refractivity contribution is -0.138. The Morgan fingerprint density at radius 3 is 2.35 bits per heavy atom. The monoisotopic (exact) mass is 367 g/mol. The van der Waals surface area contributed by atoms with Crippen LogP contribution in [-0.4, -0.2) is 68.0 Å². The van der Waals surface area contributed by atoms with Crippen LogP contribution in [0.3, 0.4) is 0 Å². The Morgan fingerprint density at radius 2 is 1.87 bits per heavy atom. The summed E-state index contributed by atoms with van der Waals surface area (Å²) in [6.07, 6.45) is 3.29. The molecule has 6 nitrogen and oxygen atoms in total. The lowest BCUT2D eigenvalue weighted by Gasteiger charge is -2.35. The molecule has 1 atom stereocenters. The zero-order valence-electron chi connectivity index (χ0n) is 14.2. The Balaban J connectivity index is 0.00000264. The molecule has 0 aromatic rings. The molecule has 0 aromatic heterocycles. The van der Waals surface area contributed by atoms with E-state index >= 15 is 0 Å². The summed E-state index contributed by atoms with van der Waals surface area (Å²) in [6.45, 7) is 7.39. The Hall–Kier alpha value is -0.370. The van der Waals surface area contributed by atoms with Gasteiger partial charge in [0.25, 0.3) is 0 Å². The van der Waals surface area contributed by atoms with Gasteiger partial charge in [0, 0.05) is 38.1 Å². The average molecular weight is 368 g/mol.